The van der Waals surface area contributed by atoms with E-state index in [2.05, 4.69) is 21.7 Å². The maximum absolute atomic E-state index is 13.4. The van der Waals surface area contributed by atoms with Crippen LogP contribution in [0.4, 0.5) is 10.2 Å². The molecule has 9 heteroatoms. The first-order valence-corrected chi connectivity index (χ1v) is 11.4. The fourth-order valence-electron chi connectivity index (χ4n) is 2.84. The molecule has 1 aromatic heterocycles. The van der Waals surface area contributed by atoms with Crippen molar-refractivity contribution in [3.63, 3.8) is 0 Å². The summed E-state index contributed by atoms with van der Waals surface area (Å²) in [6, 6.07) is 13.1. The third-order valence-electron chi connectivity index (χ3n) is 4.64. The Labute approximate surface area is 187 Å². The normalized spacial score (nSPS) is 11.9. The zero-order valence-electron chi connectivity index (χ0n) is 18.1. The number of sulfonamides is 1. The van der Waals surface area contributed by atoms with E-state index in [0.717, 1.165) is 5.69 Å². The number of hydrogen-bond acceptors (Lipinski definition) is 4. The van der Waals surface area contributed by atoms with E-state index in [9.17, 15) is 17.6 Å². The first-order chi connectivity index (χ1) is 15.0. The lowest BCUT2D eigenvalue weighted by Crippen LogP contribution is -2.23. The third-order valence-corrected chi connectivity index (χ3v) is 6.07. The average Bonchev–Trinajstić information content (AvgIpc) is 3.17. The molecular formula is C23H25FN4O3S. The number of nitrogens with zero attached hydrogens (tertiary/aromatic N) is 2. The van der Waals surface area contributed by atoms with Gasteiger partial charge in [0.15, 0.2) is 0 Å². The number of hydrogen-bond donors (Lipinski definition) is 2. The van der Waals surface area contributed by atoms with Crippen molar-refractivity contribution in [1.82, 2.24) is 14.5 Å². The van der Waals surface area contributed by atoms with Crippen molar-refractivity contribution in [1.29, 1.82) is 0 Å². The highest BCUT2D eigenvalue weighted by atomic mass is 32.2. The third kappa shape index (κ3) is 5.30. The Morgan fingerprint density at radius 2 is 1.75 bits per heavy atom. The van der Waals surface area contributed by atoms with E-state index in [4.69, 9.17) is 0 Å². The predicted molar refractivity (Wildman–Crippen MR) is 122 cm³/mol. The van der Waals surface area contributed by atoms with Crippen molar-refractivity contribution in [2.75, 3.05) is 11.9 Å². The Hall–Kier alpha value is -3.30. The number of carbonyl (C=O) groups excluding carboxylic acids is 1. The number of carbonyl (C=O) groups is 1. The number of amides is 1. The molecule has 0 saturated heterocycles. The molecule has 32 heavy (non-hydrogen) atoms. The Morgan fingerprint density at radius 3 is 2.31 bits per heavy atom. The maximum atomic E-state index is 13.4. The molecule has 7 nitrogen and oxygen atoms in total. The van der Waals surface area contributed by atoms with Crippen molar-refractivity contribution in [3.8, 4) is 5.69 Å². The van der Waals surface area contributed by atoms with Crippen LogP contribution in [-0.2, 0) is 15.4 Å². The molecule has 0 bridgehead atoms. The molecule has 2 aromatic carbocycles. The number of rotatable bonds is 7. The van der Waals surface area contributed by atoms with Gasteiger partial charge in [0, 0.05) is 23.6 Å². The lowest BCUT2D eigenvalue weighted by molar-refractivity contribution is 0.102. The van der Waals surface area contributed by atoms with Gasteiger partial charge in [-0.05, 0) is 48.5 Å². The highest BCUT2D eigenvalue weighted by molar-refractivity contribution is 7.89. The molecule has 3 aromatic rings. The summed E-state index contributed by atoms with van der Waals surface area (Å²) in [5.74, 6) is -0.396. The van der Waals surface area contributed by atoms with Crippen LogP contribution in [0, 0.1) is 5.82 Å². The van der Waals surface area contributed by atoms with Crippen molar-refractivity contribution < 1.29 is 17.6 Å². The largest absolute Gasteiger partial charge is 0.306 e. The fourth-order valence-corrected chi connectivity index (χ4v) is 3.84. The Kier molecular flexibility index (Phi) is 6.61. The van der Waals surface area contributed by atoms with E-state index < -0.39 is 15.9 Å². The number of benzene rings is 2. The summed E-state index contributed by atoms with van der Waals surface area (Å²) in [5.41, 5.74) is 1.33. The van der Waals surface area contributed by atoms with Crippen molar-refractivity contribution in [3.05, 3.63) is 84.3 Å². The van der Waals surface area contributed by atoms with E-state index in [-0.39, 0.29) is 28.2 Å². The summed E-state index contributed by atoms with van der Waals surface area (Å²) >= 11 is 0. The molecule has 0 aliphatic rings. The van der Waals surface area contributed by atoms with Gasteiger partial charge < -0.3 is 5.32 Å². The summed E-state index contributed by atoms with van der Waals surface area (Å²) in [5, 5.41) is 7.40. The molecule has 1 amide bonds. The highest BCUT2D eigenvalue weighted by Gasteiger charge is 2.22. The summed E-state index contributed by atoms with van der Waals surface area (Å²) in [6.07, 6.45) is 1.44. The van der Waals surface area contributed by atoms with Crippen LogP contribution in [0.3, 0.4) is 0 Å². The second kappa shape index (κ2) is 9.05. The van der Waals surface area contributed by atoms with E-state index in [1.165, 1.54) is 47.2 Å². The summed E-state index contributed by atoms with van der Waals surface area (Å²) in [7, 11) is -3.68. The van der Waals surface area contributed by atoms with Crippen molar-refractivity contribution in [2.24, 2.45) is 0 Å². The molecule has 0 aliphatic carbocycles. The molecule has 0 atom stereocenters. The van der Waals surface area contributed by atoms with Crippen LogP contribution < -0.4 is 10.0 Å². The molecule has 168 valence electrons. The van der Waals surface area contributed by atoms with Gasteiger partial charge in [0.2, 0.25) is 10.0 Å². The molecule has 0 saturated carbocycles. The zero-order valence-corrected chi connectivity index (χ0v) is 18.9. The monoisotopic (exact) mass is 456 g/mol. The molecule has 2 N–H and O–H groups in total. The molecule has 0 spiro atoms. The van der Waals surface area contributed by atoms with Crippen LogP contribution in [0.1, 0.15) is 36.8 Å². The van der Waals surface area contributed by atoms with Crippen LogP contribution in [0.5, 0.6) is 0 Å². The van der Waals surface area contributed by atoms with Gasteiger partial charge >= 0.3 is 0 Å². The molecule has 1 heterocycles. The Morgan fingerprint density at radius 1 is 1.12 bits per heavy atom. The predicted octanol–water partition coefficient (Wildman–Crippen LogP) is 4.03. The minimum atomic E-state index is -3.68. The maximum Gasteiger partial charge on any atom is 0.256 e. The van der Waals surface area contributed by atoms with Crippen LogP contribution in [0.2, 0.25) is 0 Å². The molecule has 3 rings (SSSR count). The number of anilines is 1. The van der Waals surface area contributed by atoms with Gasteiger partial charge in [-0.3, -0.25) is 4.79 Å². The molecule has 0 radical (unpaired) electrons. The number of aromatic nitrogens is 2. The highest BCUT2D eigenvalue weighted by Crippen LogP contribution is 2.27. The topological polar surface area (TPSA) is 93.1 Å². The van der Waals surface area contributed by atoms with Gasteiger partial charge in [-0.15, -0.1) is 6.58 Å². The lowest BCUT2D eigenvalue weighted by Gasteiger charge is -2.14. The number of nitrogens with one attached hydrogen (secondary N) is 2. The van der Waals surface area contributed by atoms with E-state index >= 15 is 0 Å². The van der Waals surface area contributed by atoms with E-state index in [0.29, 0.717) is 11.5 Å². The van der Waals surface area contributed by atoms with Crippen LogP contribution in [-0.4, -0.2) is 30.7 Å². The van der Waals surface area contributed by atoms with Gasteiger partial charge in [-0.25, -0.2) is 22.2 Å². The fraction of sp³-hybridized carbons (Fsp3) is 0.217. The standard InChI is InChI=1S/C23H25FN4O3S/c1-5-14-25-32(30,31)19-12-6-16(7-13-19)22(29)26-21-15-20(23(2,3)4)27-28(21)18-10-8-17(24)9-11-18/h5-13,15,25H,1,14H2,2-4H3,(H,26,29). The van der Waals surface area contributed by atoms with Gasteiger partial charge in [0.1, 0.15) is 11.6 Å². The van der Waals surface area contributed by atoms with Crippen molar-refractivity contribution >= 4 is 21.7 Å². The average molecular weight is 457 g/mol. The zero-order chi connectivity index (χ0) is 23.5. The minimum Gasteiger partial charge on any atom is -0.306 e. The molecule has 0 fully saturated rings. The van der Waals surface area contributed by atoms with Gasteiger partial charge in [-0.1, -0.05) is 26.8 Å². The van der Waals surface area contributed by atoms with Crippen LogP contribution in [0.25, 0.3) is 5.69 Å². The summed E-state index contributed by atoms with van der Waals surface area (Å²) in [4.78, 5) is 12.9. The minimum absolute atomic E-state index is 0.0438. The van der Waals surface area contributed by atoms with Gasteiger partial charge in [-0.2, -0.15) is 5.10 Å². The molecule has 0 unspecified atom stereocenters. The SMILES string of the molecule is C=CCNS(=O)(=O)c1ccc(C(=O)Nc2cc(C(C)(C)C)nn2-c2ccc(F)cc2)cc1. The van der Waals surface area contributed by atoms with E-state index in [1.54, 1.807) is 18.2 Å². The smallest absolute Gasteiger partial charge is 0.256 e. The van der Waals surface area contributed by atoms with Crippen LogP contribution >= 0.6 is 0 Å². The summed E-state index contributed by atoms with van der Waals surface area (Å²) in [6.45, 7) is 9.57. The lowest BCUT2D eigenvalue weighted by atomic mass is 9.92. The first kappa shape index (κ1) is 23.4. The second-order valence-corrected chi connectivity index (χ2v) is 9.94. The second-order valence-electron chi connectivity index (χ2n) is 8.17. The van der Waals surface area contributed by atoms with E-state index in [1.807, 2.05) is 20.8 Å². The van der Waals surface area contributed by atoms with Gasteiger partial charge in [0.05, 0.1) is 16.3 Å². The Balaban J connectivity index is 1.89. The summed E-state index contributed by atoms with van der Waals surface area (Å²) < 4.78 is 41.7. The van der Waals surface area contributed by atoms with Crippen molar-refractivity contribution in [2.45, 2.75) is 31.1 Å². The molecule has 0 aliphatic heterocycles. The van der Waals surface area contributed by atoms with Gasteiger partial charge in [0.25, 0.3) is 5.91 Å². The molecular weight excluding hydrogens is 431 g/mol. The van der Waals surface area contributed by atoms with Crippen LogP contribution in [0.15, 0.2) is 72.1 Å². The quantitative estimate of drug-likeness (QED) is 0.525. The number of halogens is 1. The Bertz CT molecular complexity index is 1230. The first-order valence-electron chi connectivity index (χ1n) is 9.90.